The van der Waals surface area contributed by atoms with Crippen LogP contribution in [0.15, 0.2) is 40.2 Å². The number of nitrogens with one attached hydrogen (secondary N) is 2. The van der Waals surface area contributed by atoms with Crippen molar-refractivity contribution in [2.45, 2.75) is 44.0 Å². The number of halogens is 1. The molecule has 2 unspecified atom stereocenters. The van der Waals surface area contributed by atoms with E-state index in [4.69, 9.17) is 0 Å². The van der Waals surface area contributed by atoms with E-state index in [0.717, 1.165) is 31.2 Å². The number of nitrogens with zero attached hydrogens (tertiary/aromatic N) is 2. The normalized spacial score (nSPS) is 18.0. The first-order chi connectivity index (χ1) is 12.6. The summed E-state index contributed by atoms with van der Waals surface area (Å²) in [6, 6.07) is 10.8. The molecule has 0 spiro atoms. The molecule has 0 saturated carbocycles. The standard InChI is InChI=1S/C20H32N4OS.HI/c1-4-16(2)23-19(25)10-12-22-20(21-3)24-13-11-17(14-24)15-26-18-8-6-5-7-9-18;/h5-9,16-17H,4,10-15H2,1-3H3,(H,21,22)(H,23,25);1H. The molecule has 7 heteroatoms. The predicted octanol–water partition coefficient (Wildman–Crippen LogP) is 3.60. The molecule has 2 N–H and O–H groups in total. The molecular formula is C20H33IN4OS. The van der Waals surface area contributed by atoms with Crippen LogP contribution in [-0.4, -0.2) is 55.2 Å². The predicted molar refractivity (Wildman–Crippen MR) is 126 cm³/mol. The Morgan fingerprint density at radius 2 is 2.11 bits per heavy atom. The van der Waals surface area contributed by atoms with E-state index < -0.39 is 0 Å². The molecule has 5 nitrogen and oxygen atoms in total. The van der Waals surface area contributed by atoms with Gasteiger partial charge in [-0.25, -0.2) is 0 Å². The Balaban J connectivity index is 0.00000364. The van der Waals surface area contributed by atoms with Crippen molar-refractivity contribution in [2.75, 3.05) is 32.4 Å². The van der Waals surface area contributed by atoms with Crippen molar-refractivity contribution < 1.29 is 4.79 Å². The zero-order chi connectivity index (χ0) is 18.8. The lowest BCUT2D eigenvalue weighted by molar-refractivity contribution is -0.121. The minimum atomic E-state index is 0. The topological polar surface area (TPSA) is 56.7 Å². The van der Waals surface area contributed by atoms with Gasteiger partial charge in [0.2, 0.25) is 5.91 Å². The van der Waals surface area contributed by atoms with Crippen molar-refractivity contribution in [2.24, 2.45) is 10.9 Å². The molecule has 152 valence electrons. The van der Waals surface area contributed by atoms with Crippen LogP contribution < -0.4 is 10.6 Å². The minimum absolute atomic E-state index is 0. The first-order valence-corrected chi connectivity index (χ1v) is 10.5. The number of hydrogen-bond acceptors (Lipinski definition) is 3. The SMILES string of the molecule is CCC(C)NC(=O)CCNC(=NC)N1CCC(CSc2ccccc2)C1.I. The highest BCUT2D eigenvalue weighted by molar-refractivity contribution is 14.0. The second kappa shape index (κ2) is 13.3. The third-order valence-electron chi connectivity index (χ3n) is 4.68. The minimum Gasteiger partial charge on any atom is -0.356 e. The number of likely N-dealkylation sites (tertiary alicyclic amines) is 1. The Hall–Kier alpha value is -0.960. The van der Waals surface area contributed by atoms with Crippen molar-refractivity contribution in [3.05, 3.63) is 30.3 Å². The summed E-state index contributed by atoms with van der Waals surface area (Å²) in [7, 11) is 1.81. The Labute approximate surface area is 185 Å². The number of aliphatic imine (C=N–C) groups is 1. The fourth-order valence-corrected chi connectivity index (χ4v) is 4.01. The number of rotatable bonds is 8. The van der Waals surface area contributed by atoms with Gasteiger partial charge in [-0.1, -0.05) is 25.1 Å². The largest absolute Gasteiger partial charge is 0.356 e. The Morgan fingerprint density at radius 3 is 2.78 bits per heavy atom. The van der Waals surface area contributed by atoms with Crippen LogP contribution in [0.4, 0.5) is 0 Å². The van der Waals surface area contributed by atoms with Crippen LogP contribution in [0, 0.1) is 5.92 Å². The molecule has 27 heavy (non-hydrogen) atoms. The lowest BCUT2D eigenvalue weighted by Gasteiger charge is -2.22. The molecule has 2 rings (SSSR count). The zero-order valence-corrected chi connectivity index (χ0v) is 19.8. The van der Waals surface area contributed by atoms with E-state index in [1.54, 1.807) is 0 Å². The van der Waals surface area contributed by atoms with Gasteiger partial charge >= 0.3 is 0 Å². The number of thioether (sulfide) groups is 1. The van der Waals surface area contributed by atoms with E-state index in [1.807, 2.05) is 25.7 Å². The molecule has 1 heterocycles. The van der Waals surface area contributed by atoms with Crippen LogP contribution in [0.2, 0.25) is 0 Å². The molecule has 1 aliphatic rings. The average molecular weight is 504 g/mol. The first-order valence-electron chi connectivity index (χ1n) is 9.55. The smallest absolute Gasteiger partial charge is 0.221 e. The van der Waals surface area contributed by atoms with Crippen molar-refractivity contribution in [3.8, 4) is 0 Å². The highest BCUT2D eigenvalue weighted by atomic mass is 127. The first kappa shape index (κ1) is 24.1. The molecule has 0 aliphatic carbocycles. The maximum Gasteiger partial charge on any atom is 0.221 e. The summed E-state index contributed by atoms with van der Waals surface area (Å²) < 4.78 is 0. The van der Waals surface area contributed by atoms with Crippen LogP contribution in [0.1, 0.15) is 33.1 Å². The highest BCUT2D eigenvalue weighted by Gasteiger charge is 2.24. The van der Waals surface area contributed by atoms with E-state index in [-0.39, 0.29) is 35.9 Å². The Bertz CT molecular complexity index is 585. The van der Waals surface area contributed by atoms with Crippen LogP contribution in [-0.2, 0) is 4.79 Å². The maximum absolute atomic E-state index is 11.9. The molecular weight excluding hydrogens is 471 g/mol. The van der Waals surface area contributed by atoms with E-state index in [0.29, 0.717) is 18.9 Å². The molecule has 1 aromatic rings. The third-order valence-corrected chi connectivity index (χ3v) is 5.92. The van der Waals surface area contributed by atoms with E-state index >= 15 is 0 Å². The van der Waals surface area contributed by atoms with Gasteiger partial charge in [0, 0.05) is 49.8 Å². The molecule has 0 bridgehead atoms. The summed E-state index contributed by atoms with van der Waals surface area (Å²) in [5.41, 5.74) is 0. The summed E-state index contributed by atoms with van der Waals surface area (Å²) in [4.78, 5) is 19.9. The summed E-state index contributed by atoms with van der Waals surface area (Å²) in [5, 5.41) is 6.33. The summed E-state index contributed by atoms with van der Waals surface area (Å²) in [6.45, 7) is 6.78. The van der Waals surface area contributed by atoms with Crippen molar-refractivity contribution >= 4 is 47.6 Å². The van der Waals surface area contributed by atoms with Gasteiger partial charge < -0.3 is 15.5 Å². The highest BCUT2D eigenvalue weighted by Crippen LogP contribution is 2.25. The molecule has 1 fully saturated rings. The van der Waals surface area contributed by atoms with Crippen LogP contribution in [0.5, 0.6) is 0 Å². The van der Waals surface area contributed by atoms with E-state index in [9.17, 15) is 4.79 Å². The van der Waals surface area contributed by atoms with Crippen molar-refractivity contribution in [1.82, 2.24) is 15.5 Å². The summed E-state index contributed by atoms with van der Waals surface area (Å²) in [5.74, 6) is 2.82. The van der Waals surface area contributed by atoms with Gasteiger partial charge in [0.1, 0.15) is 0 Å². The molecule has 0 radical (unpaired) electrons. The van der Waals surface area contributed by atoms with Crippen LogP contribution in [0.25, 0.3) is 0 Å². The Morgan fingerprint density at radius 1 is 1.37 bits per heavy atom. The zero-order valence-electron chi connectivity index (χ0n) is 16.6. The number of carbonyl (C=O) groups is 1. The van der Waals surface area contributed by atoms with Crippen LogP contribution >= 0.6 is 35.7 Å². The second-order valence-corrected chi connectivity index (χ2v) is 7.92. The quantitative estimate of drug-likeness (QED) is 0.246. The second-order valence-electron chi connectivity index (χ2n) is 6.83. The lowest BCUT2D eigenvalue weighted by Crippen LogP contribution is -2.42. The number of guanidine groups is 1. The van der Waals surface area contributed by atoms with Crippen LogP contribution in [0.3, 0.4) is 0 Å². The van der Waals surface area contributed by atoms with Gasteiger partial charge in [-0.05, 0) is 37.8 Å². The van der Waals surface area contributed by atoms with Gasteiger partial charge in [-0.15, -0.1) is 35.7 Å². The van der Waals surface area contributed by atoms with Gasteiger partial charge in [-0.2, -0.15) is 0 Å². The van der Waals surface area contributed by atoms with E-state index in [1.165, 1.54) is 11.3 Å². The average Bonchev–Trinajstić information content (AvgIpc) is 3.13. The molecule has 1 amide bonds. The van der Waals surface area contributed by atoms with Gasteiger partial charge in [0.05, 0.1) is 0 Å². The Kier molecular flexibility index (Phi) is 11.8. The molecule has 1 saturated heterocycles. The monoisotopic (exact) mass is 504 g/mol. The van der Waals surface area contributed by atoms with E-state index in [2.05, 4.69) is 57.8 Å². The van der Waals surface area contributed by atoms with Gasteiger partial charge in [0.15, 0.2) is 5.96 Å². The number of carbonyl (C=O) groups excluding carboxylic acids is 1. The van der Waals surface area contributed by atoms with Gasteiger partial charge in [-0.3, -0.25) is 9.79 Å². The summed E-state index contributed by atoms with van der Waals surface area (Å²) in [6.07, 6.45) is 2.62. The fraction of sp³-hybridized carbons (Fsp3) is 0.600. The number of hydrogen-bond donors (Lipinski definition) is 2. The maximum atomic E-state index is 11.9. The lowest BCUT2D eigenvalue weighted by atomic mass is 10.2. The van der Waals surface area contributed by atoms with Crippen molar-refractivity contribution in [1.29, 1.82) is 0 Å². The van der Waals surface area contributed by atoms with Gasteiger partial charge in [0.25, 0.3) is 0 Å². The summed E-state index contributed by atoms with van der Waals surface area (Å²) >= 11 is 1.93. The number of amides is 1. The molecule has 0 aromatic heterocycles. The fourth-order valence-electron chi connectivity index (χ4n) is 2.96. The molecule has 2 atom stereocenters. The molecule has 1 aromatic carbocycles. The third kappa shape index (κ3) is 8.72. The number of benzene rings is 1. The molecule has 1 aliphatic heterocycles. The van der Waals surface area contributed by atoms with Crippen molar-refractivity contribution in [3.63, 3.8) is 0 Å².